The molecular formula is C16H23N3O. The lowest BCUT2D eigenvalue weighted by Gasteiger charge is -2.21. The van der Waals surface area contributed by atoms with E-state index in [1.165, 1.54) is 0 Å². The Bertz CT molecular complexity index is 522. The second-order valence-electron chi connectivity index (χ2n) is 5.47. The molecule has 0 aliphatic rings. The molecule has 1 aromatic heterocycles. The minimum absolute atomic E-state index is 0.403. The minimum atomic E-state index is -0.469. The molecule has 4 heteroatoms. The monoisotopic (exact) mass is 273 g/mol. The van der Waals surface area contributed by atoms with Gasteiger partial charge >= 0.3 is 0 Å². The zero-order chi connectivity index (χ0) is 14.5. The Morgan fingerprint density at radius 1 is 1.25 bits per heavy atom. The molecule has 0 fully saturated rings. The largest absolute Gasteiger partial charge is 0.387 e. The Morgan fingerprint density at radius 3 is 2.60 bits per heavy atom. The Labute approximate surface area is 120 Å². The molecule has 0 aliphatic carbocycles. The molecule has 1 aromatic carbocycles. The molecule has 2 aromatic rings. The summed E-state index contributed by atoms with van der Waals surface area (Å²) in [6.45, 7) is 5.61. The van der Waals surface area contributed by atoms with Crippen molar-refractivity contribution in [3.63, 3.8) is 0 Å². The number of benzene rings is 1. The number of imidazole rings is 1. The molecule has 4 nitrogen and oxygen atoms in total. The molecule has 20 heavy (non-hydrogen) atoms. The van der Waals surface area contributed by atoms with Crippen molar-refractivity contribution in [2.75, 3.05) is 13.6 Å². The van der Waals surface area contributed by atoms with Crippen molar-refractivity contribution in [2.24, 2.45) is 0 Å². The first-order valence-electron chi connectivity index (χ1n) is 7.01. The number of aliphatic hydroxyl groups is 1. The average Bonchev–Trinajstić information content (AvgIpc) is 2.87. The summed E-state index contributed by atoms with van der Waals surface area (Å²) in [7, 11) is 2.01. The van der Waals surface area contributed by atoms with Crippen molar-refractivity contribution in [1.29, 1.82) is 0 Å². The molecule has 1 N–H and O–H groups in total. The van der Waals surface area contributed by atoms with Crippen LogP contribution in [0.25, 0.3) is 0 Å². The number of nitrogens with zero attached hydrogens (tertiary/aromatic N) is 3. The standard InChI is InChI=1S/C16H23N3O/c1-13(2)19-10-9-17-16(19)12-18(3)11-15(20)14-7-5-4-6-8-14/h4-10,13,15,20H,11-12H2,1-3H3/t15-/m0/s1. The summed E-state index contributed by atoms with van der Waals surface area (Å²) in [6, 6.07) is 10.2. The van der Waals surface area contributed by atoms with E-state index in [9.17, 15) is 5.11 Å². The van der Waals surface area contributed by atoms with Crippen LogP contribution in [0, 0.1) is 0 Å². The fourth-order valence-corrected chi connectivity index (χ4v) is 2.32. The van der Waals surface area contributed by atoms with Crippen LogP contribution in [0.2, 0.25) is 0 Å². The van der Waals surface area contributed by atoms with Gasteiger partial charge in [0, 0.05) is 25.0 Å². The van der Waals surface area contributed by atoms with E-state index in [0.29, 0.717) is 12.6 Å². The van der Waals surface area contributed by atoms with E-state index in [1.807, 2.05) is 49.8 Å². The molecule has 0 radical (unpaired) electrons. The third-order valence-corrected chi connectivity index (χ3v) is 3.39. The van der Waals surface area contributed by atoms with E-state index in [2.05, 4.69) is 28.3 Å². The number of hydrogen-bond donors (Lipinski definition) is 1. The number of aliphatic hydroxyl groups excluding tert-OH is 1. The predicted octanol–water partition coefficient (Wildman–Crippen LogP) is 2.63. The molecule has 0 unspecified atom stereocenters. The van der Waals surface area contributed by atoms with Crippen molar-refractivity contribution >= 4 is 0 Å². The molecule has 0 saturated heterocycles. The van der Waals surface area contributed by atoms with Crippen LogP contribution in [0.15, 0.2) is 42.7 Å². The number of rotatable bonds is 6. The van der Waals surface area contributed by atoms with E-state index in [1.54, 1.807) is 0 Å². The number of hydrogen-bond acceptors (Lipinski definition) is 3. The second-order valence-corrected chi connectivity index (χ2v) is 5.47. The fraction of sp³-hybridized carbons (Fsp3) is 0.438. The molecule has 1 heterocycles. The first kappa shape index (κ1) is 14.8. The third-order valence-electron chi connectivity index (χ3n) is 3.39. The fourth-order valence-electron chi connectivity index (χ4n) is 2.32. The molecule has 2 rings (SSSR count). The molecule has 0 bridgehead atoms. The summed E-state index contributed by atoms with van der Waals surface area (Å²) in [5, 5.41) is 10.2. The van der Waals surface area contributed by atoms with Crippen molar-refractivity contribution in [2.45, 2.75) is 32.5 Å². The van der Waals surface area contributed by atoms with Gasteiger partial charge in [0.1, 0.15) is 5.82 Å². The average molecular weight is 273 g/mol. The molecule has 0 aliphatic heterocycles. The molecule has 0 spiro atoms. The Hall–Kier alpha value is -1.65. The van der Waals surface area contributed by atoms with Gasteiger partial charge in [0.2, 0.25) is 0 Å². The zero-order valence-corrected chi connectivity index (χ0v) is 12.4. The summed E-state index contributed by atoms with van der Waals surface area (Å²) in [4.78, 5) is 6.49. The maximum absolute atomic E-state index is 10.2. The maximum atomic E-state index is 10.2. The van der Waals surface area contributed by atoms with Crippen LogP contribution in [0.4, 0.5) is 0 Å². The van der Waals surface area contributed by atoms with Crippen LogP contribution in [-0.2, 0) is 6.54 Å². The van der Waals surface area contributed by atoms with E-state index < -0.39 is 6.10 Å². The number of aromatic nitrogens is 2. The highest BCUT2D eigenvalue weighted by Crippen LogP contribution is 2.15. The summed E-state index contributed by atoms with van der Waals surface area (Å²) >= 11 is 0. The lowest BCUT2D eigenvalue weighted by molar-refractivity contribution is 0.122. The van der Waals surface area contributed by atoms with Gasteiger partial charge in [0.15, 0.2) is 0 Å². The lowest BCUT2D eigenvalue weighted by atomic mass is 10.1. The van der Waals surface area contributed by atoms with Crippen LogP contribution >= 0.6 is 0 Å². The van der Waals surface area contributed by atoms with E-state index in [0.717, 1.165) is 17.9 Å². The van der Waals surface area contributed by atoms with Gasteiger partial charge in [-0.15, -0.1) is 0 Å². The van der Waals surface area contributed by atoms with Gasteiger partial charge in [-0.1, -0.05) is 30.3 Å². The van der Waals surface area contributed by atoms with Crippen molar-refractivity contribution < 1.29 is 5.11 Å². The highest BCUT2D eigenvalue weighted by molar-refractivity contribution is 5.17. The van der Waals surface area contributed by atoms with Crippen LogP contribution < -0.4 is 0 Å². The summed E-state index contributed by atoms with van der Waals surface area (Å²) in [6.07, 6.45) is 3.36. The van der Waals surface area contributed by atoms with Gasteiger partial charge < -0.3 is 9.67 Å². The molecule has 1 atom stereocenters. The molecular weight excluding hydrogens is 250 g/mol. The van der Waals surface area contributed by atoms with E-state index >= 15 is 0 Å². The first-order valence-corrected chi connectivity index (χ1v) is 7.01. The summed E-state index contributed by atoms with van der Waals surface area (Å²) < 4.78 is 2.16. The van der Waals surface area contributed by atoms with Gasteiger partial charge in [0.05, 0.1) is 12.6 Å². The molecule has 0 amide bonds. The molecule has 108 valence electrons. The maximum Gasteiger partial charge on any atom is 0.123 e. The Morgan fingerprint density at radius 2 is 1.95 bits per heavy atom. The lowest BCUT2D eigenvalue weighted by Crippen LogP contribution is -2.26. The van der Waals surface area contributed by atoms with Gasteiger partial charge in [-0.25, -0.2) is 4.98 Å². The second kappa shape index (κ2) is 6.68. The quantitative estimate of drug-likeness (QED) is 0.879. The van der Waals surface area contributed by atoms with E-state index in [-0.39, 0.29) is 0 Å². The third kappa shape index (κ3) is 3.68. The Kier molecular flexibility index (Phi) is 4.93. The first-order chi connectivity index (χ1) is 9.58. The van der Waals surface area contributed by atoms with Crippen LogP contribution in [0.5, 0.6) is 0 Å². The zero-order valence-electron chi connectivity index (χ0n) is 12.4. The van der Waals surface area contributed by atoms with Crippen molar-refractivity contribution in [3.8, 4) is 0 Å². The van der Waals surface area contributed by atoms with Gasteiger partial charge in [-0.05, 0) is 26.5 Å². The Balaban J connectivity index is 1.95. The van der Waals surface area contributed by atoms with Crippen LogP contribution in [0.3, 0.4) is 0 Å². The normalized spacial score (nSPS) is 13.1. The smallest absolute Gasteiger partial charge is 0.123 e. The van der Waals surface area contributed by atoms with Crippen LogP contribution in [0.1, 0.15) is 37.4 Å². The topological polar surface area (TPSA) is 41.3 Å². The van der Waals surface area contributed by atoms with Crippen molar-refractivity contribution in [3.05, 3.63) is 54.1 Å². The molecule has 0 saturated carbocycles. The highest BCUT2D eigenvalue weighted by atomic mass is 16.3. The van der Waals surface area contributed by atoms with Gasteiger partial charge in [-0.3, -0.25) is 4.90 Å². The summed E-state index contributed by atoms with van der Waals surface area (Å²) in [5.41, 5.74) is 0.951. The predicted molar refractivity (Wildman–Crippen MR) is 80.3 cm³/mol. The van der Waals surface area contributed by atoms with E-state index in [4.69, 9.17) is 0 Å². The minimum Gasteiger partial charge on any atom is -0.387 e. The van der Waals surface area contributed by atoms with Gasteiger partial charge in [0.25, 0.3) is 0 Å². The SMILES string of the molecule is CC(C)n1ccnc1CN(C)C[C@H](O)c1ccccc1. The summed E-state index contributed by atoms with van der Waals surface area (Å²) in [5.74, 6) is 1.03. The van der Waals surface area contributed by atoms with Gasteiger partial charge in [-0.2, -0.15) is 0 Å². The number of likely N-dealkylation sites (N-methyl/N-ethyl adjacent to an activating group) is 1. The highest BCUT2D eigenvalue weighted by Gasteiger charge is 2.13. The van der Waals surface area contributed by atoms with Crippen molar-refractivity contribution in [1.82, 2.24) is 14.5 Å². The van der Waals surface area contributed by atoms with Crippen LogP contribution in [-0.4, -0.2) is 33.1 Å².